The molecule has 1 aromatic rings. The van der Waals surface area contributed by atoms with E-state index in [-0.39, 0.29) is 17.1 Å². The van der Waals surface area contributed by atoms with Gasteiger partial charge in [0, 0.05) is 0 Å². The topological polar surface area (TPSA) is 46.5 Å². The number of hydrogen-bond donors (Lipinski definition) is 1. The summed E-state index contributed by atoms with van der Waals surface area (Å²) in [5.74, 6) is 0.188. The number of phenolic OH excluding ortho intramolecular Hbond substituents is 1. The van der Waals surface area contributed by atoms with Crippen molar-refractivity contribution >= 4 is 5.97 Å². The zero-order chi connectivity index (χ0) is 12.3. The second kappa shape index (κ2) is 4.78. The predicted octanol–water partition coefficient (Wildman–Crippen LogP) is 2.67. The van der Waals surface area contributed by atoms with E-state index in [4.69, 9.17) is 4.74 Å². The molecule has 17 heavy (non-hydrogen) atoms. The SMILES string of the molecule is CCOC(=O)CC1(Cc2ccc(O)cc2)CC1. The molecule has 1 N–H and O–H groups in total. The number of carbonyl (C=O) groups is 1. The molecular weight excluding hydrogens is 216 g/mol. The van der Waals surface area contributed by atoms with E-state index in [0.29, 0.717) is 13.0 Å². The Morgan fingerprint density at radius 3 is 2.53 bits per heavy atom. The van der Waals surface area contributed by atoms with Gasteiger partial charge in [-0.25, -0.2) is 0 Å². The molecule has 3 nitrogen and oxygen atoms in total. The third kappa shape index (κ3) is 3.22. The maximum atomic E-state index is 11.5. The molecule has 0 aliphatic heterocycles. The lowest BCUT2D eigenvalue weighted by molar-refractivity contribution is -0.144. The van der Waals surface area contributed by atoms with Crippen LogP contribution < -0.4 is 0 Å². The van der Waals surface area contributed by atoms with Crippen molar-refractivity contribution in [3.05, 3.63) is 29.8 Å². The van der Waals surface area contributed by atoms with Gasteiger partial charge in [-0.2, -0.15) is 0 Å². The van der Waals surface area contributed by atoms with Crippen LogP contribution in [0, 0.1) is 5.41 Å². The Balaban J connectivity index is 1.93. The first kappa shape index (κ1) is 12.0. The lowest BCUT2D eigenvalue weighted by Gasteiger charge is -2.14. The molecule has 0 spiro atoms. The molecule has 1 aromatic carbocycles. The highest BCUT2D eigenvalue weighted by Gasteiger charge is 2.44. The lowest BCUT2D eigenvalue weighted by Crippen LogP contribution is -2.14. The first-order valence-electron chi connectivity index (χ1n) is 6.07. The van der Waals surface area contributed by atoms with Crippen molar-refractivity contribution in [2.24, 2.45) is 5.41 Å². The quantitative estimate of drug-likeness (QED) is 0.797. The summed E-state index contributed by atoms with van der Waals surface area (Å²) in [5, 5.41) is 9.21. The first-order chi connectivity index (χ1) is 8.13. The van der Waals surface area contributed by atoms with Crippen LogP contribution in [-0.2, 0) is 16.0 Å². The van der Waals surface area contributed by atoms with Gasteiger partial charge in [-0.3, -0.25) is 4.79 Å². The predicted molar refractivity (Wildman–Crippen MR) is 64.7 cm³/mol. The molecular formula is C14H18O3. The Bertz CT molecular complexity index is 390. The molecule has 0 bridgehead atoms. The third-order valence-corrected chi connectivity index (χ3v) is 3.30. The van der Waals surface area contributed by atoms with Gasteiger partial charge in [0.1, 0.15) is 5.75 Å². The molecule has 0 aromatic heterocycles. The van der Waals surface area contributed by atoms with Crippen molar-refractivity contribution in [1.29, 1.82) is 0 Å². The number of hydrogen-bond acceptors (Lipinski definition) is 3. The van der Waals surface area contributed by atoms with E-state index in [1.165, 1.54) is 5.56 Å². The Morgan fingerprint density at radius 2 is 2.00 bits per heavy atom. The lowest BCUT2D eigenvalue weighted by atomic mass is 9.93. The Morgan fingerprint density at radius 1 is 1.35 bits per heavy atom. The van der Waals surface area contributed by atoms with Gasteiger partial charge in [-0.15, -0.1) is 0 Å². The number of phenols is 1. The van der Waals surface area contributed by atoms with Crippen molar-refractivity contribution in [3.8, 4) is 5.75 Å². The van der Waals surface area contributed by atoms with Gasteiger partial charge in [0.05, 0.1) is 13.0 Å². The molecule has 1 aliphatic rings. The van der Waals surface area contributed by atoms with E-state index in [0.717, 1.165) is 19.3 Å². The van der Waals surface area contributed by atoms with Crippen LogP contribution in [0.5, 0.6) is 5.75 Å². The van der Waals surface area contributed by atoms with Gasteiger partial charge in [0.15, 0.2) is 0 Å². The van der Waals surface area contributed by atoms with Crippen molar-refractivity contribution in [2.45, 2.75) is 32.6 Å². The maximum Gasteiger partial charge on any atom is 0.306 e. The summed E-state index contributed by atoms with van der Waals surface area (Å²) in [6.07, 6.45) is 3.59. The van der Waals surface area contributed by atoms with Gasteiger partial charge in [0.25, 0.3) is 0 Å². The largest absolute Gasteiger partial charge is 0.508 e. The van der Waals surface area contributed by atoms with Crippen molar-refractivity contribution < 1.29 is 14.6 Å². The molecule has 1 fully saturated rings. The zero-order valence-corrected chi connectivity index (χ0v) is 10.1. The van der Waals surface area contributed by atoms with Crippen molar-refractivity contribution in [1.82, 2.24) is 0 Å². The summed E-state index contributed by atoms with van der Waals surface area (Å²) in [7, 11) is 0. The van der Waals surface area contributed by atoms with Crippen LogP contribution in [0.15, 0.2) is 24.3 Å². The summed E-state index contributed by atoms with van der Waals surface area (Å²) < 4.78 is 5.00. The van der Waals surface area contributed by atoms with Crippen LogP contribution >= 0.6 is 0 Å². The molecule has 1 saturated carbocycles. The Labute approximate surface area is 101 Å². The minimum atomic E-state index is -0.0937. The number of benzene rings is 1. The Kier molecular flexibility index (Phi) is 3.36. The van der Waals surface area contributed by atoms with E-state index in [1.54, 1.807) is 12.1 Å². The van der Waals surface area contributed by atoms with Crippen molar-refractivity contribution in [2.75, 3.05) is 6.61 Å². The summed E-state index contributed by atoms with van der Waals surface area (Å²) >= 11 is 0. The molecule has 0 atom stereocenters. The number of aromatic hydroxyl groups is 1. The summed E-state index contributed by atoms with van der Waals surface area (Å²) in [5.41, 5.74) is 1.29. The average molecular weight is 234 g/mol. The van der Waals surface area contributed by atoms with Crippen LogP contribution in [0.3, 0.4) is 0 Å². The van der Waals surface area contributed by atoms with Crippen LogP contribution in [0.2, 0.25) is 0 Å². The minimum absolute atomic E-state index is 0.0937. The molecule has 1 aliphatic carbocycles. The van der Waals surface area contributed by atoms with E-state index in [9.17, 15) is 9.90 Å². The number of carbonyl (C=O) groups excluding carboxylic acids is 1. The normalized spacial score (nSPS) is 16.5. The monoisotopic (exact) mass is 234 g/mol. The zero-order valence-electron chi connectivity index (χ0n) is 10.1. The molecule has 0 heterocycles. The third-order valence-electron chi connectivity index (χ3n) is 3.30. The Hall–Kier alpha value is -1.51. The molecule has 2 rings (SSSR count). The fourth-order valence-corrected chi connectivity index (χ4v) is 2.16. The van der Waals surface area contributed by atoms with Gasteiger partial charge in [-0.1, -0.05) is 12.1 Å². The fourth-order valence-electron chi connectivity index (χ4n) is 2.16. The van der Waals surface area contributed by atoms with Gasteiger partial charge < -0.3 is 9.84 Å². The second-order valence-corrected chi connectivity index (χ2v) is 4.83. The molecule has 3 heteroatoms. The molecule has 0 unspecified atom stereocenters. The van der Waals surface area contributed by atoms with E-state index in [1.807, 2.05) is 19.1 Å². The van der Waals surface area contributed by atoms with Crippen LogP contribution in [-0.4, -0.2) is 17.7 Å². The molecule has 92 valence electrons. The van der Waals surface area contributed by atoms with Gasteiger partial charge in [-0.05, 0) is 49.3 Å². The minimum Gasteiger partial charge on any atom is -0.508 e. The summed E-state index contributed by atoms with van der Waals surface area (Å²) in [4.78, 5) is 11.5. The van der Waals surface area contributed by atoms with E-state index < -0.39 is 0 Å². The highest BCUT2D eigenvalue weighted by Crippen LogP contribution is 2.51. The molecule has 0 saturated heterocycles. The first-order valence-corrected chi connectivity index (χ1v) is 6.07. The van der Waals surface area contributed by atoms with Crippen LogP contribution in [0.25, 0.3) is 0 Å². The van der Waals surface area contributed by atoms with Crippen LogP contribution in [0.1, 0.15) is 31.7 Å². The summed E-state index contributed by atoms with van der Waals surface area (Å²) in [6.45, 7) is 2.28. The molecule has 0 radical (unpaired) electrons. The highest BCUT2D eigenvalue weighted by atomic mass is 16.5. The number of ether oxygens (including phenoxy) is 1. The smallest absolute Gasteiger partial charge is 0.306 e. The van der Waals surface area contributed by atoms with E-state index >= 15 is 0 Å². The van der Waals surface area contributed by atoms with Gasteiger partial charge in [0.2, 0.25) is 0 Å². The van der Waals surface area contributed by atoms with Crippen molar-refractivity contribution in [3.63, 3.8) is 0 Å². The highest BCUT2D eigenvalue weighted by molar-refractivity contribution is 5.70. The molecule has 0 amide bonds. The van der Waals surface area contributed by atoms with Crippen LogP contribution in [0.4, 0.5) is 0 Å². The maximum absolute atomic E-state index is 11.5. The second-order valence-electron chi connectivity index (χ2n) is 4.83. The van der Waals surface area contributed by atoms with E-state index in [2.05, 4.69) is 0 Å². The fraction of sp³-hybridized carbons (Fsp3) is 0.500. The summed E-state index contributed by atoms with van der Waals surface area (Å²) in [6, 6.07) is 7.21. The standard InChI is InChI=1S/C14H18O3/c1-2-17-13(16)10-14(7-8-14)9-11-3-5-12(15)6-4-11/h3-6,15H,2,7-10H2,1H3. The van der Waals surface area contributed by atoms with Gasteiger partial charge >= 0.3 is 5.97 Å². The average Bonchev–Trinajstić information content (AvgIpc) is 3.02. The number of rotatable bonds is 5. The number of esters is 1.